The summed E-state index contributed by atoms with van der Waals surface area (Å²) in [7, 11) is -1.10. The standard InChI is InChI=1S/C10H15Cl2N3OS2/c1-5(2)3-6(13)10(16)15-18(14)7-4-8(11)17-9(7)12/h4-6H,3,13H2,1-2H3,(H2,14,15,16). The van der Waals surface area contributed by atoms with Gasteiger partial charge in [-0.2, -0.15) is 4.36 Å². The molecule has 4 N–H and O–H groups in total. The minimum Gasteiger partial charge on any atom is -0.320 e. The summed E-state index contributed by atoms with van der Waals surface area (Å²) >= 11 is 13.0. The second-order valence-corrected chi connectivity index (χ2v) is 7.71. The molecule has 1 aromatic heterocycles. The van der Waals surface area contributed by atoms with E-state index in [9.17, 15) is 4.79 Å². The Morgan fingerprint density at radius 2 is 2.17 bits per heavy atom. The third kappa shape index (κ3) is 4.60. The molecule has 1 aromatic rings. The third-order valence-corrected chi connectivity index (χ3v) is 4.96. The number of amides is 1. The molecule has 2 atom stereocenters. The highest BCUT2D eigenvalue weighted by molar-refractivity contribution is 7.85. The zero-order valence-electron chi connectivity index (χ0n) is 10.0. The molecule has 0 fully saturated rings. The van der Waals surface area contributed by atoms with Gasteiger partial charge >= 0.3 is 0 Å². The van der Waals surface area contributed by atoms with E-state index in [2.05, 4.69) is 4.36 Å². The van der Waals surface area contributed by atoms with Gasteiger partial charge in [-0.15, -0.1) is 11.3 Å². The van der Waals surface area contributed by atoms with Crippen LogP contribution >= 0.6 is 34.5 Å². The van der Waals surface area contributed by atoms with Crippen LogP contribution in [-0.4, -0.2) is 11.9 Å². The Balaban J connectivity index is 2.83. The minimum atomic E-state index is -1.10. The zero-order chi connectivity index (χ0) is 13.9. The Morgan fingerprint density at radius 3 is 2.61 bits per heavy atom. The van der Waals surface area contributed by atoms with Crippen LogP contribution in [0.15, 0.2) is 15.3 Å². The minimum absolute atomic E-state index is 0.331. The van der Waals surface area contributed by atoms with Crippen LogP contribution in [-0.2, 0) is 15.7 Å². The van der Waals surface area contributed by atoms with Crippen molar-refractivity contribution in [2.45, 2.75) is 31.2 Å². The van der Waals surface area contributed by atoms with E-state index < -0.39 is 22.8 Å². The topological polar surface area (TPSA) is 81.5 Å². The molecule has 1 amide bonds. The molecule has 0 bridgehead atoms. The molecule has 8 heteroatoms. The van der Waals surface area contributed by atoms with E-state index in [4.69, 9.17) is 34.1 Å². The molecule has 0 spiro atoms. The first-order valence-electron chi connectivity index (χ1n) is 5.26. The number of thiophene rings is 1. The lowest BCUT2D eigenvalue weighted by Crippen LogP contribution is -2.31. The smallest absolute Gasteiger partial charge is 0.269 e. The summed E-state index contributed by atoms with van der Waals surface area (Å²) in [6.07, 6.45) is 0.581. The molecule has 0 aliphatic carbocycles. The zero-order valence-corrected chi connectivity index (χ0v) is 13.2. The Labute approximate surface area is 123 Å². The van der Waals surface area contributed by atoms with Gasteiger partial charge < -0.3 is 5.73 Å². The summed E-state index contributed by atoms with van der Waals surface area (Å²) in [5.41, 5.74) is 5.74. The number of nitrogens with zero attached hydrogens (tertiary/aromatic N) is 1. The fourth-order valence-corrected chi connectivity index (χ4v) is 4.15. The maximum absolute atomic E-state index is 11.7. The molecule has 2 unspecified atom stereocenters. The Morgan fingerprint density at radius 1 is 1.56 bits per heavy atom. The van der Waals surface area contributed by atoms with Gasteiger partial charge in [0.15, 0.2) is 0 Å². The van der Waals surface area contributed by atoms with Crippen molar-refractivity contribution in [3.63, 3.8) is 0 Å². The van der Waals surface area contributed by atoms with Crippen molar-refractivity contribution in [2.24, 2.45) is 21.2 Å². The number of carbonyl (C=O) groups excluding carboxylic acids is 1. The first kappa shape index (κ1) is 16.1. The lowest BCUT2D eigenvalue weighted by Gasteiger charge is -2.10. The van der Waals surface area contributed by atoms with Crippen molar-refractivity contribution in [3.8, 4) is 0 Å². The van der Waals surface area contributed by atoms with Gasteiger partial charge in [0, 0.05) is 10.9 Å². The van der Waals surface area contributed by atoms with Gasteiger partial charge in [-0.05, 0) is 18.4 Å². The summed E-state index contributed by atoms with van der Waals surface area (Å²) in [5.74, 6) is -0.0641. The SMILES string of the molecule is CC(C)CC(N)C(=O)N=S(N)c1cc(Cl)sc1Cl. The number of halogens is 2. The molecular formula is C10H15Cl2N3OS2. The van der Waals surface area contributed by atoms with Crippen LogP contribution in [0.1, 0.15) is 20.3 Å². The molecule has 0 aromatic carbocycles. The first-order valence-corrected chi connectivity index (χ1v) is 8.07. The van der Waals surface area contributed by atoms with Crippen LogP contribution < -0.4 is 10.9 Å². The second-order valence-electron chi connectivity index (χ2n) is 4.17. The molecule has 0 saturated carbocycles. The predicted molar refractivity (Wildman–Crippen MR) is 79.0 cm³/mol. The normalized spacial score (nSPS) is 15.1. The molecule has 0 saturated heterocycles. The summed E-state index contributed by atoms with van der Waals surface area (Å²) in [6, 6.07) is 1.01. The molecular weight excluding hydrogens is 313 g/mol. The average molecular weight is 328 g/mol. The highest BCUT2D eigenvalue weighted by Gasteiger charge is 2.16. The number of carbonyl (C=O) groups is 1. The quantitative estimate of drug-likeness (QED) is 0.891. The van der Waals surface area contributed by atoms with Gasteiger partial charge in [0.2, 0.25) is 0 Å². The van der Waals surface area contributed by atoms with E-state index in [1.807, 2.05) is 13.8 Å². The van der Waals surface area contributed by atoms with E-state index in [1.54, 1.807) is 6.07 Å². The van der Waals surface area contributed by atoms with E-state index in [0.717, 1.165) is 0 Å². The number of hydrogen-bond acceptors (Lipinski definition) is 3. The maximum Gasteiger partial charge on any atom is 0.269 e. The summed E-state index contributed by atoms with van der Waals surface area (Å²) < 4.78 is 4.86. The number of hydrogen-bond donors (Lipinski definition) is 2. The van der Waals surface area contributed by atoms with Crippen molar-refractivity contribution in [1.82, 2.24) is 0 Å². The van der Waals surface area contributed by atoms with Crippen LogP contribution in [0.3, 0.4) is 0 Å². The molecule has 4 nitrogen and oxygen atoms in total. The second kappa shape index (κ2) is 6.98. The molecule has 102 valence electrons. The number of rotatable bonds is 4. The average Bonchev–Trinajstić information content (AvgIpc) is 2.56. The predicted octanol–water partition coefficient (Wildman–Crippen LogP) is 2.99. The number of nitrogens with two attached hydrogens (primary N) is 2. The van der Waals surface area contributed by atoms with Crippen molar-refractivity contribution in [3.05, 3.63) is 14.7 Å². The Kier molecular flexibility index (Phi) is 6.23. The summed E-state index contributed by atoms with van der Waals surface area (Å²) in [4.78, 5) is 12.3. The van der Waals surface area contributed by atoms with Crippen LogP contribution in [0.25, 0.3) is 0 Å². The first-order chi connectivity index (χ1) is 8.31. The van der Waals surface area contributed by atoms with Gasteiger partial charge in [-0.1, -0.05) is 37.0 Å². The van der Waals surface area contributed by atoms with Gasteiger partial charge in [0.1, 0.15) is 4.34 Å². The lowest BCUT2D eigenvalue weighted by atomic mass is 10.0. The van der Waals surface area contributed by atoms with Crippen molar-refractivity contribution in [1.29, 1.82) is 0 Å². The van der Waals surface area contributed by atoms with Gasteiger partial charge in [-0.3, -0.25) is 9.93 Å². The van der Waals surface area contributed by atoms with Crippen molar-refractivity contribution >= 4 is 51.3 Å². The highest BCUT2D eigenvalue weighted by atomic mass is 35.5. The molecule has 18 heavy (non-hydrogen) atoms. The molecule has 0 aliphatic heterocycles. The molecule has 0 radical (unpaired) electrons. The Bertz CT molecular complexity index is 474. The summed E-state index contributed by atoms with van der Waals surface area (Å²) in [6.45, 7) is 3.98. The van der Waals surface area contributed by atoms with Crippen molar-refractivity contribution in [2.75, 3.05) is 0 Å². The monoisotopic (exact) mass is 327 g/mol. The highest BCUT2D eigenvalue weighted by Crippen LogP contribution is 2.32. The van der Waals surface area contributed by atoms with Crippen LogP contribution in [0, 0.1) is 5.92 Å². The Hall–Kier alpha value is 0.0200. The van der Waals surface area contributed by atoms with Crippen LogP contribution in [0.2, 0.25) is 8.67 Å². The largest absolute Gasteiger partial charge is 0.320 e. The summed E-state index contributed by atoms with van der Waals surface area (Å²) in [5, 5.41) is 5.83. The van der Waals surface area contributed by atoms with Crippen molar-refractivity contribution < 1.29 is 4.79 Å². The van der Waals surface area contributed by atoms with Crippen LogP contribution in [0.4, 0.5) is 0 Å². The van der Waals surface area contributed by atoms with Gasteiger partial charge in [-0.25, -0.2) is 0 Å². The molecule has 1 rings (SSSR count). The fraction of sp³-hybridized carbons (Fsp3) is 0.500. The maximum atomic E-state index is 11.7. The van der Waals surface area contributed by atoms with E-state index in [0.29, 0.717) is 25.9 Å². The fourth-order valence-electron chi connectivity index (χ4n) is 1.29. The van der Waals surface area contributed by atoms with E-state index in [1.165, 1.54) is 11.3 Å². The lowest BCUT2D eigenvalue weighted by molar-refractivity contribution is -0.119. The third-order valence-electron chi connectivity index (χ3n) is 2.08. The van der Waals surface area contributed by atoms with Gasteiger partial charge in [0.25, 0.3) is 5.91 Å². The van der Waals surface area contributed by atoms with Gasteiger partial charge in [0.05, 0.1) is 15.3 Å². The van der Waals surface area contributed by atoms with E-state index >= 15 is 0 Å². The molecule has 1 heterocycles. The van der Waals surface area contributed by atoms with Crippen LogP contribution in [0.5, 0.6) is 0 Å². The molecule has 0 aliphatic rings. The van der Waals surface area contributed by atoms with E-state index in [-0.39, 0.29) is 0 Å².